The number of ether oxygens (including phenoxy) is 1. The first-order chi connectivity index (χ1) is 22.9. The summed E-state index contributed by atoms with van der Waals surface area (Å²) in [5.41, 5.74) is 9.51. The summed E-state index contributed by atoms with van der Waals surface area (Å²) in [6, 6.07) is 21.1. The van der Waals surface area contributed by atoms with Crippen LogP contribution in [0, 0.1) is 0 Å². The van der Waals surface area contributed by atoms with Gasteiger partial charge in [-0.3, -0.25) is 4.57 Å². The molecule has 7 rings (SSSR count). The number of nitrogens with one attached hydrogen (secondary N) is 3. The van der Waals surface area contributed by atoms with Crippen LogP contribution in [0.1, 0.15) is 86.5 Å². The number of anilines is 2. The van der Waals surface area contributed by atoms with Gasteiger partial charge >= 0.3 is 0 Å². The summed E-state index contributed by atoms with van der Waals surface area (Å²) in [7, 11) is 0. The minimum atomic E-state index is -1.27. The predicted octanol–water partition coefficient (Wildman–Crippen LogP) is 3.99. The second-order valence-electron chi connectivity index (χ2n) is 12.9. The average molecular weight is 639 g/mol. The fraction of sp³-hybridized carbons (Fsp3) is 0.441. The minimum Gasteiger partial charge on any atom is -0.387 e. The van der Waals surface area contributed by atoms with Crippen molar-refractivity contribution in [2.24, 2.45) is 5.73 Å². The van der Waals surface area contributed by atoms with Crippen molar-refractivity contribution in [3.8, 4) is 0 Å². The van der Waals surface area contributed by atoms with Gasteiger partial charge in [0.25, 0.3) is 0 Å². The molecule has 0 bridgehead atoms. The van der Waals surface area contributed by atoms with Crippen molar-refractivity contribution in [3.63, 3.8) is 0 Å². The van der Waals surface area contributed by atoms with Crippen LogP contribution in [0.3, 0.4) is 0 Å². The molecule has 47 heavy (non-hydrogen) atoms. The number of aliphatic hydroxyl groups excluding tert-OH is 2. The SMILES string of the molecule is CC(C)c1nnc([C@H]2O[C@@H](n3cnc4c(NCC(c5ccccc5)c5ccccc5)nc(NC5CCC(N)CC5)nc43)[C@H](O)[C@@H]2O)[nH]1. The lowest BCUT2D eigenvalue weighted by atomic mass is 9.91. The maximum absolute atomic E-state index is 11.2. The van der Waals surface area contributed by atoms with E-state index in [1.54, 1.807) is 10.9 Å². The van der Waals surface area contributed by atoms with Crippen LogP contribution in [0.4, 0.5) is 11.8 Å². The Labute approximate surface area is 273 Å². The zero-order chi connectivity index (χ0) is 32.5. The van der Waals surface area contributed by atoms with E-state index in [2.05, 4.69) is 50.1 Å². The molecule has 4 atom stereocenters. The van der Waals surface area contributed by atoms with Crippen molar-refractivity contribution < 1.29 is 14.9 Å². The number of aromatic amines is 1. The average Bonchev–Trinajstić information content (AvgIpc) is 3.82. The van der Waals surface area contributed by atoms with E-state index in [1.165, 1.54) is 11.1 Å². The van der Waals surface area contributed by atoms with Gasteiger partial charge in [-0.05, 0) is 36.8 Å². The molecule has 246 valence electrons. The number of nitrogens with two attached hydrogens (primary N) is 1. The van der Waals surface area contributed by atoms with Crippen LogP contribution in [0.25, 0.3) is 11.2 Å². The molecule has 1 aliphatic carbocycles. The van der Waals surface area contributed by atoms with Gasteiger partial charge in [0, 0.05) is 30.5 Å². The van der Waals surface area contributed by atoms with Crippen LogP contribution < -0.4 is 16.4 Å². The molecule has 13 heteroatoms. The summed E-state index contributed by atoms with van der Waals surface area (Å²) in [5.74, 6) is 2.20. The topological polar surface area (TPSA) is 185 Å². The summed E-state index contributed by atoms with van der Waals surface area (Å²) < 4.78 is 7.90. The van der Waals surface area contributed by atoms with E-state index in [-0.39, 0.29) is 23.9 Å². The lowest BCUT2D eigenvalue weighted by Crippen LogP contribution is -2.33. The second-order valence-corrected chi connectivity index (χ2v) is 12.9. The van der Waals surface area contributed by atoms with E-state index >= 15 is 0 Å². The van der Waals surface area contributed by atoms with Gasteiger partial charge < -0.3 is 36.3 Å². The van der Waals surface area contributed by atoms with E-state index in [4.69, 9.17) is 25.4 Å². The number of H-pyrrole nitrogens is 1. The molecule has 0 amide bonds. The third-order valence-electron chi connectivity index (χ3n) is 9.25. The van der Waals surface area contributed by atoms with Gasteiger partial charge in [0.05, 0.1) is 6.33 Å². The fourth-order valence-electron chi connectivity index (χ4n) is 6.53. The molecular formula is C34H42N10O3. The first-order valence-corrected chi connectivity index (χ1v) is 16.4. The number of aromatic nitrogens is 7. The molecule has 0 unspecified atom stereocenters. The zero-order valence-corrected chi connectivity index (χ0v) is 26.6. The van der Waals surface area contributed by atoms with Gasteiger partial charge in [0.1, 0.15) is 24.1 Å². The molecule has 2 aromatic carbocycles. The van der Waals surface area contributed by atoms with Crippen molar-refractivity contribution in [2.45, 2.75) is 88.0 Å². The van der Waals surface area contributed by atoms with Crippen LogP contribution in [0.15, 0.2) is 67.0 Å². The Balaban J connectivity index is 1.22. The van der Waals surface area contributed by atoms with Gasteiger partial charge in [-0.15, -0.1) is 10.2 Å². The monoisotopic (exact) mass is 638 g/mol. The van der Waals surface area contributed by atoms with Crippen LogP contribution in [-0.4, -0.2) is 75.7 Å². The molecule has 5 aromatic rings. The van der Waals surface area contributed by atoms with Gasteiger partial charge in [-0.1, -0.05) is 74.5 Å². The van der Waals surface area contributed by atoms with Crippen molar-refractivity contribution in [1.29, 1.82) is 0 Å². The number of rotatable bonds is 10. The van der Waals surface area contributed by atoms with E-state index in [9.17, 15) is 10.2 Å². The third-order valence-corrected chi connectivity index (χ3v) is 9.25. The Morgan fingerprint density at radius 2 is 1.62 bits per heavy atom. The van der Waals surface area contributed by atoms with Gasteiger partial charge in [0.2, 0.25) is 5.95 Å². The Morgan fingerprint density at radius 1 is 0.936 bits per heavy atom. The minimum absolute atomic E-state index is 0.0503. The lowest BCUT2D eigenvalue weighted by molar-refractivity contribution is -0.0382. The number of fused-ring (bicyclic) bond motifs is 1. The van der Waals surface area contributed by atoms with Gasteiger partial charge in [-0.25, -0.2) is 4.98 Å². The van der Waals surface area contributed by atoms with Crippen LogP contribution in [0.5, 0.6) is 0 Å². The van der Waals surface area contributed by atoms with Gasteiger partial charge in [0.15, 0.2) is 29.0 Å². The first-order valence-electron chi connectivity index (χ1n) is 16.4. The summed E-state index contributed by atoms with van der Waals surface area (Å²) in [6.45, 7) is 4.54. The highest BCUT2D eigenvalue weighted by atomic mass is 16.6. The van der Waals surface area contributed by atoms with Gasteiger partial charge in [-0.2, -0.15) is 9.97 Å². The molecule has 7 N–H and O–H groups in total. The predicted molar refractivity (Wildman–Crippen MR) is 178 cm³/mol. The van der Waals surface area contributed by atoms with Crippen molar-refractivity contribution >= 4 is 22.9 Å². The van der Waals surface area contributed by atoms with E-state index in [0.29, 0.717) is 41.1 Å². The normalized spacial score (nSPS) is 24.7. The first kappa shape index (κ1) is 31.2. The van der Waals surface area contributed by atoms with E-state index < -0.39 is 24.5 Å². The maximum atomic E-state index is 11.2. The van der Waals surface area contributed by atoms with Crippen LogP contribution in [0.2, 0.25) is 0 Å². The largest absolute Gasteiger partial charge is 0.387 e. The molecule has 4 heterocycles. The smallest absolute Gasteiger partial charge is 0.227 e. The summed E-state index contributed by atoms with van der Waals surface area (Å²) >= 11 is 0. The number of aliphatic hydroxyl groups is 2. The number of nitrogens with zero attached hydrogens (tertiary/aromatic N) is 6. The number of imidazole rings is 1. The standard InChI is InChI=1S/C34H42N10O3/c1-19(2)29-39-31(43-42-29)28-26(45)27(46)33(47-28)44-18-37-25-30(40-34(41-32(25)44)38-23-15-13-22(35)14-16-23)36-17-24(20-9-5-3-6-10-20)21-11-7-4-8-12-21/h3-12,18-19,22-24,26-28,33,45-46H,13-17,35H2,1-2H3,(H,39,42,43)(H2,36,38,40,41)/t22?,23?,26-,27+,28-,33+/m0/s1. The zero-order valence-electron chi connectivity index (χ0n) is 26.6. The van der Waals surface area contributed by atoms with Crippen molar-refractivity contribution in [2.75, 3.05) is 17.2 Å². The number of hydrogen-bond donors (Lipinski definition) is 6. The van der Waals surface area contributed by atoms with E-state index in [1.807, 2.05) is 50.2 Å². The Kier molecular flexibility index (Phi) is 8.86. The van der Waals surface area contributed by atoms with Crippen LogP contribution >= 0.6 is 0 Å². The molecule has 3 aromatic heterocycles. The van der Waals surface area contributed by atoms with Crippen molar-refractivity contribution in [3.05, 3.63) is 89.8 Å². The van der Waals surface area contributed by atoms with E-state index in [0.717, 1.165) is 25.7 Å². The summed E-state index contributed by atoms with van der Waals surface area (Å²) in [4.78, 5) is 17.6. The Bertz CT molecular complexity index is 1730. The molecule has 1 saturated carbocycles. The van der Waals surface area contributed by atoms with Crippen molar-refractivity contribution in [1.82, 2.24) is 34.7 Å². The summed E-state index contributed by atoms with van der Waals surface area (Å²) in [6.07, 6.45) is 0.874. The molecular weight excluding hydrogens is 596 g/mol. The summed E-state index contributed by atoms with van der Waals surface area (Å²) in [5, 5.41) is 37.7. The highest BCUT2D eigenvalue weighted by molar-refractivity contribution is 5.84. The molecule has 2 fully saturated rings. The van der Waals surface area contributed by atoms with Crippen LogP contribution in [-0.2, 0) is 4.74 Å². The molecule has 1 aliphatic heterocycles. The third kappa shape index (κ3) is 6.44. The number of benzene rings is 2. The second kappa shape index (κ2) is 13.4. The highest BCUT2D eigenvalue weighted by Gasteiger charge is 2.47. The molecule has 13 nitrogen and oxygen atoms in total. The fourth-order valence-corrected chi connectivity index (χ4v) is 6.53. The number of hydrogen-bond acceptors (Lipinski definition) is 11. The molecule has 0 radical (unpaired) electrons. The molecule has 0 spiro atoms. The Morgan fingerprint density at radius 3 is 2.26 bits per heavy atom. The lowest BCUT2D eigenvalue weighted by Gasteiger charge is -2.27. The quantitative estimate of drug-likeness (QED) is 0.130. The maximum Gasteiger partial charge on any atom is 0.227 e. The molecule has 1 saturated heterocycles. The highest BCUT2D eigenvalue weighted by Crippen LogP contribution is 2.39. The Hall–Kier alpha value is -4.43. The molecule has 2 aliphatic rings.